The molecule has 2 N–H and O–H groups in total. The van der Waals surface area contributed by atoms with Crippen LogP contribution < -0.4 is 10.6 Å². The van der Waals surface area contributed by atoms with Crippen LogP contribution >= 0.6 is 11.6 Å². The van der Waals surface area contributed by atoms with Crippen LogP contribution in [0.3, 0.4) is 0 Å². The molecular weight excluding hydrogens is 346 g/mol. The van der Waals surface area contributed by atoms with E-state index in [-0.39, 0.29) is 30.4 Å². The summed E-state index contributed by atoms with van der Waals surface area (Å²) in [4.78, 5) is 28.3. The molecule has 2 heterocycles. The Kier molecular flexibility index (Phi) is 5.54. The summed E-state index contributed by atoms with van der Waals surface area (Å²) in [5.41, 5.74) is 0.328. The molecule has 1 saturated carbocycles. The zero-order valence-electron chi connectivity index (χ0n) is 13.4. The first kappa shape index (κ1) is 17.3. The van der Waals surface area contributed by atoms with E-state index >= 15 is 0 Å². The van der Waals surface area contributed by atoms with Crippen molar-refractivity contribution in [3.05, 3.63) is 35.4 Å². The van der Waals surface area contributed by atoms with Crippen LogP contribution in [0.2, 0.25) is 5.02 Å². The molecule has 0 spiro atoms. The van der Waals surface area contributed by atoms with Gasteiger partial charge in [-0.3, -0.25) is 9.59 Å². The fourth-order valence-corrected chi connectivity index (χ4v) is 3.01. The molecule has 9 nitrogen and oxygen atoms in total. The number of tetrazole rings is 1. The average molecular weight is 364 g/mol. The van der Waals surface area contributed by atoms with Crippen LogP contribution in [0.5, 0.6) is 0 Å². The van der Waals surface area contributed by atoms with Crippen LogP contribution in [0, 0.1) is 0 Å². The number of nitrogens with one attached hydrogen (secondary N) is 2. The van der Waals surface area contributed by atoms with Gasteiger partial charge in [0.1, 0.15) is 18.6 Å². The first-order chi connectivity index (χ1) is 12.1. The van der Waals surface area contributed by atoms with Crippen LogP contribution in [-0.2, 0) is 11.3 Å². The maximum absolute atomic E-state index is 12.2. The van der Waals surface area contributed by atoms with Crippen molar-refractivity contribution < 1.29 is 9.59 Å². The van der Waals surface area contributed by atoms with Gasteiger partial charge in [-0.25, -0.2) is 9.67 Å². The molecule has 1 aliphatic carbocycles. The normalized spacial score (nSPS) is 20.0. The Morgan fingerprint density at radius 1 is 1.24 bits per heavy atom. The molecule has 2 aromatic heterocycles. The molecule has 1 aliphatic rings. The fraction of sp³-hybridized carbons (Fsp3) is 0.467. The first-order valence-electron chi connectivity index (χ1n) is 8.02. The van der Waals surface area contributed by atoms with Crippen LogP contribution in [-0.4, -0.2) is 49.1 Å². The quantitative estimate of drug-likeness (QED) is 0.803. The third-order valence-corrected chi connectivity index (χ3v) is 4.26. The highest BCUT2D eigenvalue weighted by Gasteiger charge is 2.25. The molecular formula is C15H18ClN7O2. The van der Waals surface area contributed by atoms with Gasteiger partial charge in [-0.05, 0) is 48.2 Å². The number of hydrogen-bond acceptors (Lipinski definition) is 6. The van der Waals surface area contributed by atoms with E-state index in [1.807, 2.05) is 0 Å². The van der Waals surface area contributed by atoms with Crippen molar-refractivity contribution in [3.63, 3.8) is 0 Å². The predicted octanol–water partition coefficient (Wildman–Crippen LogP) is 0.579. The average Bonchev–Trinajstić information content (AvgIpc) is 3.08. The van der Waals surface area contributed by atoms with E-state index in [2.05, 4.69) is 31.1 Å². The van der Waals surface area contributed by atoms with Crippen molar-refractivity contribution in [3.8, 4) is 0 Å². The smallest absolute Gasteiger partial charge is 0.270 e. The van der Waals surface area contributed by atoms with Gasteiger partial charge in [0, 0.05) is 18.3 Å². The maximum Gasteiger partial charge on any atom is 0.270 e. The van der Waals surface area contributed by atoms with Gasteiger partial charge in [0.05, 0.1) is 5.02 Å². The summed E-state index contributed by atoms with van der Waals surface area (Å²) in [5.74, 6) is -0.383. The van der Waals surface area contributed by atoms with Gasteiger partial charge in [-0.2, -0.15) is 0 Å². The predicted molar refractivity (Wildman–Crippen MR) is 88.7 cm³/mol. The third kappa shape index (κ3) is 4.96. The van der Waals surface area contributed by atoms with Crippen molar-refractivity contribution in [1.29, 1.82) is 0 Å². The Morgan fingerprint density at radius 2 is 2.04 bits per heavy atom. The molecule has 10 heteroatoms. The Morgan fingerprint density at radius 3 is 2.72 bits per heavy atom. The number of carbonyl (C=O) groups is 2. The van der Waals surface area contributed by atoms with Gasteiger partial charge in [0.25, 0.3) is 5.91 Å². The zero-order chi connectivity index (χ0) is 17.6. The van der Waals surface area contributed by atoms with Crippen LogP contribution in [0.1, 0.15) is 36.2 Å². The maximum atomic E-state index is 12.2. The summed E-state index contributed by atoms with van der Waals surface area (Å²) in [7, 11) is 0. The van der Waals surface area contributed by atoms with Crippen molar-refractivity contribution in [2.24, 2.45) is 0 Å². The number of hydrogen-bond donors (Lipinski definition) is 2. The molecule has 25 heavy (non-hydrogen) atoms. The van der Waals surface area contributed by atoms with Crippen molar-refractivity contribution in [1.82, 2.24) is 35.8 Å². The van der Waals surface area contributed by atoms with E-state index in [0.717, 1.165) is 19.3 Å². The summed E-state index contributed by atoms with van der Waals surface area (Å²) in [6, 6.07) is 3.23. The van der Waals surface area contributed by atoms with Crippen molar-refractivity contribution in [2.45, 2.75) is 44.3 Å². The van der Waals surface area contributed by atoms with Gasteiger partial charge in [-0.15, -0.1) is 5.10 Å². The second kappa shape index (κ2) is 8.02. The largest absolute Gasteiger partial charge is 0.352 e. The molecule has 2 atom stereocenters. The van der Waals surface area contributed by atoms with E-state index in [1.165, 1.54) is 17.2 Å². The lowest BCUT2D eigenvalue weighted by Crippen LogP contribution is -2.46. The third-order valence-electron chi connectivity index (χ3n) is 4.03. The topological polar surface area (TPSA) is 115 Å². The molecule has 132 valence electrons. The molecule has 0 saturated heterocycles. The summed E-state index contributed by atoms with van der Waals surface area (Å²) in [6.45, 7) is 0.0786. The summed E-state index contributed by atoms with van der Waals surface area (Å²) in [5, 5.41) is 17.1. The number of amides is 2. The minimum Gasteiger partial charge on any atom is -0.352 e. The van der Waals surface area contributed by atoms with Gasteiger partial charge < -0.3 is 10.6 Å². The number of halogens is 1. The van der Waals surface area contributed by atoms with E-state index in [0.29, 0.717) is 17.1 Å². The van der Waals surface area contributed by atoms with Gasteiger partial charge in [0.2, 0.25) is 5.91 Å². The minimum absolute atomic E-state index is 0.00272. The van der Waals surface area contributed by atoms with E-state index < -0.39 is 0 Å². The van der Waals surface area contributed by atoms with E-state index in [4.69, 9.17) is 11.6 Å². The van der Waals surface area contributed by atoms with E-state index in [1.54, 1.807) is 12.1 Å². The number of pyridine rings is 1. The van der Waals surface area contributed by atoms with Crippen LogP contribution in [0.15, 0.2) is 24.7 Å². The summed E-state index contributed by atoms with van der Waals surface area (Å²) < 4.78 is 1.36. The molecule has 2 amide bonds. The Labute approximate surface area is 149 Å². The fourth-order valence-electron chi connectivity index (χ4n) is 2.89. The second-order valence-corrected chi connectivity index (χ2v) is 6.41. The van der Waals surface area contributed by atoms with Crippen LogP contribution in [0.25, 0.3) is 0 Å². The number of rotatable bonds is 5. The lowest BCUT2D eigenvalue weighted by atomic mass is 9.91. The first-order valence-corrected chi connectivity index (χ1v) is 8.40. The molecule has 0 radical (unpaired) electrons. The minimum atomic E-state index is -0.234. The molecule has 0 aliphatic heterocycles. The molecule has 2 aromatic rings. The summed E-state index contributed by atoms with van der Waals surface area (Å²) in [6.07, 6.45) is 6.20. The van der Waals surface area contributed by atoms with Gasteiger partial charge in [-0.1, -0.05) is 11.6 Å². The Balaban J connectivity index is 1.49. The lowest BCUT2D eigenvalue weighted by Gasteiger charge is -2.30. The standard InChI is InChI=1S/C15H18ClN7O2/c16-10-4-5-13(17-7-10)15(25)20-12-3-1-2-11(6-12)19-14(24)8-23-9-18-21-22-23/h4-5,7,9,11-12H,1-3,6,8H2,(H,19,24)(H,20,25)/t11-,12-/m1/s1. The molecule has 3 rings (SSSR count). The Bertz CT molecular complexity index is 720. The van der Waals surface area contributed by atoms with Gasteiger partial charge >= 0.3 is 0 Å². The molecule has 0 bridgehead atoms. The lowest BCUT2D eigenvalue weighted by molar-refractivity contribution is -0.122. The van der Waals surface area contributed by atoms with E-state index in [9.17, 15) is 9.59 Å². The molecule has 1 fully saturated rings. The number of aromatic nitrogens is 5. The zero-order valence-corrected chi connectivity index (χ0v) is 14.2. The number of nitrogens with zero attached hydrogens (tertiary/aromatic N) is 5. The van der Waals surface area contributed by atoms with Crippen LogP contribution in [0.4, 0.5) is 0 Å². The highest BCUT2D eigenvalue weighted by molar-refractivity contribution is 6.30. The molecule has 0 aromatic carbocycles. The second-order valence-electron chi connectivity index (χ2n) is 5.97. The Hall–Kier alpha value is -2.55. The monoisotopic (exact) mass is 363 g/mol. The van der Waals surface area contributed by atoms with Crippen molar-refractivity contribution >= 4 is 23.4 Å². The van der Waals surface area contributed by atoms with Gasteiger partial charge in [0.15, 0.2) is 0 Å². The van der Waals surface area contributed by atoms with Crippen molar-refractivity contribution in [2.75, 3.05) is 0 Å². The number of carbonyl (C=O) groups excluding carboxylic acids is 2. The summed E-state index contributed by atoms with van der Waals surface area (Å²) >= 11 is 5.78. The molecule has 0 unspecified atom stereocenters. The highest BCUT2D eigenvalue weighted by Crippen LogP contribution is 2.19. The SMILES string of the molecule is O=C(Cn1cnnn1)N[C@@H]1CCC[C@@H](NC(=O)c2ccc(Cl)cn2)C1. The highest BCUT2D eigenvalue weighted by atomic mass is 35.5.